The number of nitrogens with one attached hydrogen (secondary N) is 3. The maximum atomic E-state index is 14.4. The molecule has 2 aromatic heterocycles. The largest absolute Gasteiger partial charge is 0.338 e. The summed E-state index contributed by atoms with van der Waals surface area (Å²) in [4.78, 5) is 26.6. The van der Waals surface area contributed by atoms with E-state index in [1.165, 1.54) is 16.9 Å². The number of aromatic nitrogens is 4. The number of hydrogen-bond donors (Lipinski definition) is 3. The number of benzene rings is 2. The number of fused-ring (bicyclic) bond motifs is 1. The third-order valence-corrected chi connectivity index (χ3v) is 6.85. The number of aryl methyl sites for hydroxylation is 3. The summed E-state index contributed by atoms with van der Waals surface area (Å²) in [5.41, 5.74) is 6.16. The van der Waals surface area contributed by atoms with E-state index in [1.54, 1.807) is 19.2 Å². The number of nitrogens with zero attached hydrogens (tertiary/aromatic N) is 3. The SMILES string of the molecule is Cc1n[nH]c(C)c1-c1ccc(NC(=O)[C@@H](NC(=O)c2ccnn2C)[C@H]2CCc3c(F)cccc32)cc1. The van der Waals surface area contributed by atoms with Crippen LogP contribution in [0.1, 0.15) is 45.3 Å². The van der Waals surface area contributed by atoms with Crippen molar-refractivity contribution in [3.05, 3.63) is 88.8 Å². The van der Waals surface area contributed by atoms with Crippen molar-refractivity contribution in [3.63, 3.8) is 0 Å². The van der Waals surface area contributed by atoms with Crippen molar-refractivity contribution in [2.24, 2.45) is 7.05 Å². The van der Waals surface area contributed by atoms with Crippen LogP contribution in [0.15, 0.2) is 54.7 Å². The Hall–Kier alpha value is -4.27. The Labute approximate surface area is 207 Å². The van der Waals surface area contributed by atoms with E-state index >= 15 is 0 Å². The molecule has 0 saturated heterocycles. The number of amides is 2. The Bertz CT molecular complexity index is 1420. The Morgan fingerprint density at radius 3 is 2.58 bits per heavy atom. The minimum Gasteiger partial charge on any atom is -0.338 e. The normalized spacial score (nSPS) is 15.4. The van der Waals surface area contributed by atoms with Gasteiger partial charge in [-0.25, -0.2) is 4.39 Å². The molecule has 0 fully saturated rings. The zero-order valence-corrected chi connectivity index (χ0v) is 20.3. The Kier molecular flexibility index (Phi) is 6.13. The number of aromatic amines is 1. The second kappa shape index (κ2) is 9.41. The van der Waals surface area contributed by atoms with E-state index in [0.29, 0.717) is 29.8 Å². The van der Waals surface area contributed by atoms with Crippen LogP contribution in [0.3, 0.4) is 0 Å². The number of hydrogen-bond acceptors (Lipinski definition) is 4. The second-order valence-electron chi connectivity index (χ2n) is 9.12. The van der Waals surface area contributed by atoms with Gasteiger partial charge in [-0.15, -0.1) is 0 Å². The Morgan fingerprint density at radius 1 is 1.14 bits per heavy atom. The van der Waals surface area contributed by atoms with Gasteiger partial charge in [0.2, 0.25) is 5.91 Å². The van der Waals surface area contributed by atoms with Crippen molar-refractivity contribution in [1.82, 2.24) is 25.3 Å². The number of carbonyl (C=O) groups excluding carboxylic acids is 2. The van der Waals surface area contributed by atoms with E-state index < -0.39 is 11.9 Å². The maximum absolute atomic E-state index is 14.4. The summed E-state index contributed by atoms with van der Waals surface area (Å²) in [5, 5.41) is 17.1. The molecule has 2 heterocycles. The molecule has 0 aliphatic heterocycles. The predicted molar refractivity (Wildman–Crippen MR) is 134 cm³/mol. The van der Waals surface area contributed by atoms with Crippen LogP contribution in [-0.2, 0) is 18.3 Å². The van der Waals surface area contributed by atoms with Gasteiger partial charge >= 0.3 is 0 Å². The van der Waals surface area contributed by atoms with Crippen molar-refractivity contribution in [2.75, 3.05) is 5.32 Å². The number of anilines is 1. The quantitative estimate of drug-likeness (QED) is 0.383. The molecule has 0 saturated carbocycles. The fourth-order valence-corrected chi connectivity index (χ4v) is 5.07. The van der Waals surface area contributed by atoms with Crippen molar-refractivity contribution in [1.29, 1.82) is 0 Å². The van der Waals surface area contributed by atoms with Gasteiger partial charge in [-0.3, -0.25) is 19.4 Å². The van der Waals surface area contributed by atoms with Gasteiger partial charge in [-0.2, -0.15) is 10.2 Å². The second-order valence-corrected chi connectivity index (χ2v) is 9.12. The topological polar surface area (TPSA) is 105 Å². The summed E-state index contributed by atoms with van der Waals surface area (Å²) in [6, 6.07) is 13.1. The lowest BCUT2D eigenvalue weighted by Crippen LogP contribution is -2.47. The number of carbonyl (C=O) groups is 2. The molecule has 2 amide bonds. The van der Waals surface area contributed by atoms with Crippen LogP contribution in [0.5, 0.6) is 0 Å². The van der Waals surface area contributed by atoms with Crippen LogP contribution < -0.4 is 10.6 Å². The molecule has 5 rings (SSSR count). The molecule has 2 aromatic carbocycles. The minimum absolute atomic E-state index is 0.285. The molecule has 0 unspecified atom stereocenters. The molecule has 36 heavy (non-hydrogen) atoms. The summed E-state index contributed by atoms with van der Waals surface area (Å²) in [5.74, 6) is -1.42. The van der Waals surface area contributed by atoms with Crippen LogP contribution in [0.25, 0.3) is 11.1 Å². The third-order valence-electron chi connectivity index (χ3n) is 6.85. The average molecular weight is 487 g/mol. The molecule has 0 bridgehead atoms. The molecule has 1 aliphatic rings. The molecule has 0 spiro atoms. The zero-order chi connectivity index (χ0) is 25.4. The first kappa shape index (κ1) is 23.5. The summed E-state index contributed by atoms with van der Waals surface area (Å²) >= 11 is 0. The standard InChI is InChI=1S/C27H27FN6O2/c1-15-24(16(2)33-32-15)17-7-9-18(10-8-17)30-27(36)25(31-26(35)23-13-14-29-34(23)3)21-12-11-20-19(21)5-4-6-22(20)28/h4-10,13-14,21,25H,11-12H2,1-3H3,(H,30,36)(H,31,35)(H,32,33)/t21-,25-/m0/s1. The van der Waals surface area contributed by atoms with Gasteiger partial charge in [0.1, 0.15) is 17.6 Å². The van der Waals surface area contributed by atoms with Gasteiger partial charge in [0.15, 0.2) is 0 Å². The van der Waals surface area contributed by atoms with Crippen LogP contribution >= 0.6 is 0 Å². The molecule has 3 N–H and O–H groups in total. The van der Waals surface area contributed by atoms with Gasteiger partial charge in [0.25, 0.3) is 5.91 Å². The Morgan fingerprint density at radius 2 is 1.92 bits per heavy atom. The van der Waals surface area contributed by atoms with E-state index in [1.807, 2.05) is 44.2 Å². The maximum Gasteiger partial charge on any atom is 0.270 e. The highest BCUT2D eigenvalue weighted by Crippen LogP contribution is 2.37. The van der Waals surface area contributed by atoms with Gasteiger partial charge in [-0.1, -0.05) is 24.3 Å². The van der Waals surface area contributed by atoms with Gasteiger partial charge in [-0.05, 0) is 67.6 Å². The monoisotopic (exact) mass is 486 g/mol. The summed E-state index contributed by atoms with van der Waals surface area (Å²) in [6.07, 6.45) is 2.59. The van der Waals surface area contributed by atoms with E-state index in [-0.39, 0.29) is 17.6 Å². The lowest BCUT2D eigenvalue weighted by atomic mass is 9.92. The average Bonchev–Trinajstić information content (AvgIpc) is 3.57. The minimum atomic E-state index is -0.895. The molecule has 1 aliphatic carbocycles. The molecule has 4 aromatic rings. The van der Waals surface area contributed by atoms with Crippen LogP contribution in [-0.4, -0.2) is 37.8 Å². The molecular weight excluding hydrogens is 459 g/mol. The van der Waals surface area contributed by atoms with Crippen molar-refractivity contribution >= 4 is 17.5 Å². The number of rotatable bonds is 6. The molecule has 8 nitrogen and oxygen atoms in total. The van der Waals surface area contributed by atoms with Crippen LogP contribution in [0.2, 0.25) is 0 Å². The fourth-order valence-electron chi connectivity index (χ4n) is 5.07. The van der Waals surface area contributed by atoms with Gasteiger partial charge in [0, 0.05) is 36.1 Å². The van der Waals surface area contributed by atoms with E-state index in [2.05, 4.69) is 25.9 Å². The highest BCUT2D eigenvalue weighted by molar-refractivity contribution is 6.01. The lowest BCUT2D eigenvalue weighted by Gasteiger charge is -2.25. The molecular formula is C27H27FN6O2. The third kappa shape index (κ3) is 4.28. The first-order valence-corrected chi connectivity index (χ1v) is 11.8. The number of halogens is 1. The first-order valence-electron chi connectivity index (χ1n) is 11.8. The predicted octanol–water partition coefficient (Wildman–Crippen LogP) is 4.03. The molecule has 2 atom stereocenters. The number of H-pyrrole nitrogens is 1. The van der Waals surface area contributed by atoms with Crippen molar-refractivity contribution in [2.45, 2.75) is 38.6 Å². The molecule has 184 valence electrons. The van der Waals surface area contributed by atoms with Crippen molar-refractivity contribution in [3.8, 4) is 11.1 Å². The van der Waals surface area contributed by atoms with E-state index in [9.17, 15) is 14.0 Å². The summed E-state index contributed by atoms with van der Waals surface area (Å²) in [7, 11) is 1.66. The highest BCUT2D eigenvalue weighted by Gasteiger charge is 2.37. The van der Waals surface area contributed by atoms with E-state index in [4.69, 9.17) is 0 Å². The van der Waals surface area contributed by atoms with Crippen LogP contribution in [0, 0.1) is 19.7 Å². The summed E-state index contributed by atoms with van der Waals surface area (Å²) in [6.45, 7) is 3.90. The lowest BCUT2D eigenvalue weighted by molar-refractivity contribution is -0.118. The van der Waals surface area contributed by atoms with E-state index in [0.717, 1.165) is 28.1 Å². The molecule has 0 radical (unpaired) electrons. The highest BCUT2D eigenvalue weighted by atomic mass is 19.1. The zero-order valence-electron chi connectivity index (χ0n) is 20.3. The first-order chi connectivity index (χ1) is 17.3. The molecule has 9 heteroatoms. The van der Waals surface area contributed by atoms with Gasteiger partial charge in [0.05, 0.1) is 5.69 Å². The van der Waals surface area contributed by atoms with Crippen molar-refractivity contribution < 1.29 is 14.0 Å². The smallest absolute Gasteiger partial charge is 0.270 e. The van der Waals surface area contributed by atoms with Gasteiger partial charge < -0.3 is 10.6 Å². The summed E-state index contributed by atoms with van der Waals surface area (Å²) < 4.78 is 15.9. The van der Waals surface area contributed by atoms with Crippen LogP contribution in [0.4, 0.5) is 10.1 Å². The fraction of sp³-hybridized carbons (Fsp3) is 0.259. The Balaban J connectivity index is 1.41.